The first kappa shape index (κ1) is 28.3. The number of aryl methyl sites for hydroxylation is 2. The Morgan fingerprint density at radius 1 is 1.02 bits per heavy atom. The molecule has 4 aromatic rings. The third-order valence-electron chi connectivity index (χ3n) is 8.09. The van der Waals surface area contributed by atoms with Crippen LogP contribution in [-0.4, -0.2) is 44.6 Å². The minimum Gasteiger partial charge on any atom is -0.338 e. The number of nitrogens with zero attached hydrogens (tertiary/aromatic N) is 4. The van der Waals surface area contributed by atoms with Crippen LogP contribution in [0.4, 0.5) is 5.69 Å². The van der Waals surface area contributed by atoms with Crippen molar-refractivity contribution in [2.45, 2.75) is 46.5 Å². The van der Waals surface area contributed by atoms with Crippen molar-refractivity contribution in [1.82, 2.24) is 19.7 Å². The number of likely N-dealkylation sites (tertiary alicyclic amines) is 1. The normalized spacial score (nSPS) is 17.1. The molecule has 3 heterocycles. The summed E-state index contributed by atoms with van der Waals surface area (Å²) in [5.74, 6) is 0.990. The molecule has 5 rings (SSSR count). The Labute approximate surface area is 242 Å². The van der Waals surface area contributed by atoms with E-state index in [9.17, 15) is 9.59 Å². The van der Waals surface area contributed by atoms with Crippen LogP contribution in [0, 0.1) is 18.8 Å². The van der Waals surface area contributed by atoms with Gasteiger partial charge in [0.25, 0.3) is 11.8 Å². The van der Waals surface area contributed by atoms with E-state index in [1.165, 1.54) is 5.56 Å². The smallest absolute Gasteiger partial charge is 0.257 e. The molecule has 1 aliphatic heterocycles. The Morgan fingerprint density at radius 2 is 1.78 bits per heavy atom. The molecule has 0 spiro atoms. The number of rotatable bonds is 7. The third kappa shape index (κ3) is 6.40. The van der Waals surface area contributed by atoms with Crippen molar-refractivity contribution in [2.24, 2.45) is 18.9 Å². The molecule has 1 fully saturated rings. The molecule has 2 amide bonds. The Balaban J connectivity index is 1.23. The van der Waals surface area contributed by atoms with Crippen molar-refractivity contribution < 1.29 is 9.59 Å². The third-order valence-corrected chi connectivity index (χ3v) is 8.09. The van der Waals surface area contributed by atoms with Crippen molar-refractivity contribution in [1.29, 1.82) is 0 Å². The van der Waals surface area contributed by atoms with Crippen LogP contribution in [0.15, 0.2) is 73.1 Å². The number of piperidine rings is 1. The number of amides is 2. The van der Waals surface area contributed by atoms with E-state index in [4.69, 9.17) is 0 Å². The maximum atomic E-state index is 13.5. The molecule has 1 N–H and O–H groups in total. The Morgan fingerprint density at radius 3 is 2.41 bits per heavy atom. The van der Waals surface area contributed by atoms with Crippen molar-refractivity contribution in [2.75, 3.05) is 18.4 Å². The highest BCUT2D eigenvalue weighted by Crippen LogP contribution is 2.34. The van der Waals surface area contributed by atoms with Crippen LogP contribution in [0.1, 0.15) is 70.6 Å². The molecular weight excluding hydrogens is 510 g/mol. The zero-order chi connectivity index (χ0) is 29.1. The molecule has 0 radical (unpaired) electrons. The summed E-state index contributed by atoms with van der Waals surface area (Å²) in [5.41, 5.74) is 7.15. The Hall–Kier alpha value is -4.26. The molecule has 41 heavy (non-hydrogen) atoms. The first-order valence-corrected chi connectivity index (χ1v) is 14.4. The van der Waals surface area contributed by atoms with Gasteiger partial charge in [-0.25, -0.2) is 0 Å². The summed E-state index contributed by atoms with van der Waals surface area (Å²) in [5, 5.41) is 7.26. The van der Waals surface area contributed by atoms with Gasteiger partial charge >= 0.3 is 0 Å². The topological polar surface area (TPSA) is 80.1 Å². The molecule has 7 nitrogen and oxygen atoms in total. The predicted molar refractivity (Wildman–Crippen MR) is 163 cm³/mol. The van der Waals surface area contributed by atoms with Gasteiger partial charge in [-0.3, -0.25) is 19.3 Å². The molecule has 7 heteroatoms. The molecule has 0 aliphatic carbocycles. The molecule has 0 bridgehead atoms. The highest BCUT2D eigenvalue weighted by Gasteiger charge is 2.30. The maximum Gasteiger partial charge on any atom is 0.257 e. The summed E-state index contributed by atoms with van der Waals surface area (Å²) in [4.78, 5) is 32.9. The van der Waals surface area contributed by atoms with Crippen LogP contribution in [0.3, 0.4) is 0 Å². The number of hydrogen-bond donors (Lipinski definition) is 1. The fourth-order valence-electron chi connectivity index (χ4n) is 5.75. The minimum absolute atomic E-state index is 0.00272. The number of benzene rings is 2. The van der Waals surface area contributed by atoms with Gasteiger partial charge in [0.2, 0.25) is 0 Å². The number of carbonyl (C=O) groups excluding carboxylic acids is 2. The van der Waals surface area contributed by atoms with Crippen molar-refractivity contribution in [3.8, 4) is 11.3 Å². The highest BCUT2D eigenvalue weighted by molar-refractivity contribution is 6.05. The van der Waals surface area contributed by atoms with Gasteiger partial charge < -0.3 is 10.2 Å². The van der Waals surface area contributed by atoms with E-state index < -0.39 is 0 Å². The largest absolute Gasteiger partial charge is 0.338 e. The van der Waals surface area contributed by atoms with E-state index in [1.807, 2.05) is 60.1 Å². The number of carbonyl (C=O) groups is 2. The molecule has 0 unspecified atom stereocenters. The van der Waals surface area contributed by atoms with E-state index in [0.717, 1.165) is 35.4 Å². The molecule has 1 saturated heterocycles. The summed E-state index contributed by atoms with van der Waals surface area (Å²) < 4.78 is 1.88. The summed E-state index contributed by atoms with van der Waals surface area (Å²) in [6.45, 7) is 9.83. The SMILES string of the molecule is Cc1ccc(C(=O)N2CC[C@H](c3ccc(-c4ccnn4C)cc3)[C@@H](C)C2)cc1NC(=O)c1ccc(CC(C)C)nc1. The molecular formula is C34H39N5O2. The zero-order valence-electron chi connectivity index (χ0n) is 24.6. The van der Waals surface area contributed by atoms with Gasteiger partial charge in [-0.1, -0.05) is 51.1 Å². The fraction of sp³-hybridized carbons (Fsp3) is 0.353. The van der Waals surface area contributed by atoms with E-state index in [1.54, 1.807) is 12.3 Å². The average molecular weight is 550 g/mol. The summed E-state index contributed by atoms with van der Waals surface area (Å²) >= 11 is 0. The van der Waals surface area contributed by atoms with E-state index in [2.05, 4.69) is 60.4 Å². The van der Waals surface area contributed by atoms with Gasteiger partial charge in [0.15, 0.2) is 0 Å². The van der Waals surface area contributed by atoms with Crippen LogP contribution in [0.5, 0.6) is 0 Å². The van der Waals surface area contributed by atoms with Gasteiger partial charge in [0.1, 0.15) is 0 Å². The van der Waals surface area contributed by atoms with Gasteiger partial charge in [-0.2, -0.15) is 5.10 Å². The lowest BCUT2D eigenvalue weighted by molar-refractivity contribution is 0.0660. The van der Waals surface area contributed by atoms with Crippen LogP contribution < -0.4 is 5.32 Å². The monoisotopic (exact) mass is 549 g/mol. The molecule has 1 aliphatic rings. The number of nitrogens with one attached hydrogen (secondary N) is 1. The fourth-order valence-corrected chi connectivity index (χ4v) is 5.75. The van der Waals surface area contributed by atoms with E-state index in [-0.39, 0.29) is 11.8 Å². The van der Waals surface area contributed by atoms with Crippen molar-refractivity contribution in [3.05, 3.63) is 101 Å². The van der Waals surface area contributed by atoms with Gasteiger partial charge in [0.05, 0.1) is 11.3 Å². The maximum absolute atomic E-state index is 13.5. The number of hydrogen-bond acceptors (Lipinski definition) is 4. The lowest BCUT2D eigenvalue weighted by atomic mass is 9.81. The standard InChI is InChI=1S/C34H39N5O2/c1-22(2)18-29-13-12-28(20-35-29)33(40)37-31-19-27(7-6-23(31)3)34(41)39-17-15-30(24(4)21-39)25-8-10-26(11-9-25)32-14-16-36-38(32)5/h6-14,16,19-20,22,24,30H,15,17-18,21H2,1-5H3,(H,37,40)/t24-,30-/m0/s1. The van der Waals surface area contributed by atoms with Gasteiger partial charge in [-0.05, 0) is 84.5 Å². The number of anilines is 1. The van der Waals surface area contributed by atoms with E-state index >= 15 is 0 Å². The average Bonchev–Trinajstić information content (AvgIpc) is 3.39. The van der Waals surface area contributed by atoms with Crippen LogP contribution in [0.25, 0.3) is 11.3 Å². The Bertz CT molecular complexity index is 1520. The van der Waals surface area contributed by atoms with Gasteiger partial charge in [-0.15, -0.1) is 0 Å². The first-order valence-electron chi connectivity index (χ1n) is 14.4. The second kappa shape index (κ2) is 12.1. The number of aromatic nitrogens is 3. The summed E-state index contributed by atoms with van der Waals surface area (Å²) in [6.07, 6.45) is 5.22. The molecule has 2 aromatic carbocycles. The second-order valence-electron chi connectivity index (χ2n) is 11.7. The van der Waals surface area contributed by atoms with Gasteiger partial charge in [0, 0.05) is 49.5 Å². The number of pyridine rings is 1. The molecule has 212 valence electrons. The quantitative estimate of drug-likeness (QED) is 0.285. The minimum atomic E-state index is -0.231. The lowest BCUT2D eigenvalue weighted by Crippen LogP contribution is -2.42. The van der Waals surface area contributed by atoms with Crippen LogP contribution in [-0.2, 0) is 13.5 Å². The first-order chi connectivity index (χ1) is 19.7. The summed E-state index contributed by atoms with van der Waals surface area (Å²) in [6, 6.07) is 20.0. The highest BCUT2D eigenvalue weighted by atomic mass is 16.2. The predicted octanol–water partition coefficient (Wildman–Crippen LogP) is 6.51. The van der Waals surface area contributed by atoms with Crippen LogP contribution in [0.2, 0.25) is 0 Å². The lowest BCUT2D eigenvalue weighted by Gasteiger charge is -2.37. The molecule has 0 saturated carbocycles. The Kier molecular flexibility index (Phi) is 8.34. The van der Waals surface area contributed by atoms with E-state index in [0.29, 0.717) is 47.7 Å². The molecule has 2 atom stereocenters. The second-order valence-corrected chi connectivity index (χ2v) is 11.7. The van der Waals surface area contributed by atoms with Crippen molar-refractivity contribution in [3.63, 3.8) is 0 Å². The summed E-state index contributed by atoms with van der Waals surface area (Å²) in [7, 11) is 1.95. The molecule has 2 aromatic heterocycles. The zero-order valence-corrected chi connectivity index (χ0v) is 24.6. The van der Waals surface area contributed by atoms with Crippen molar-refractivity contribution >= 4 is 17.5 Å². The van der Waals surface area contributed by atoms with Crippen LogP contribution >= 0.6 is 0 Å².